The summed E-state index contributed by atoms with van der Waals surface area (Å²) in [5.74, 6) is 0. The number of anilines is 1. The summed E-state index contributed by atoms with van der Waals surface area (Å²) in [7, 11) is 0. The second-order valence-electron chi connectivity index (χ2n) is 3.91. The van der Waals surface area contributed by atoms with Gasteiger partial charge in [0.1, 0.15) is 5.01 Å². The SMILES string of the molecule is CCCNc1nnc(-c2ccc(C(F)(F)F)cc2)s1. The first-order chi connectivity index (χ1) is 9.00. The van der Waals surface area contributed by atoms with Crippen LogP contribution in [0.25, 0.3) is 10.6 Å². The van der Waals surface area contributed by atoms with Crippen molar-refractivity contribution in [3.63, 3.8) is 0 Å². The number of nitrogens with zero attached hydrogens (tertiary/aromatic N) is 2. The molecule has 3 nitrogen and oxygen atoms in total. The molecule has 0 saturated heterocycles. The normalized spacial score (nSPS) is 11.6. The fourth-order valence-electron chi connectivity index (χ4n) is 1.45. The molecule has 7 heteroatoms. The van der Waals surface area contributed by atoms with Crippen LogP contribution in [0, 0.1) is 0 Å². The van der Waals surface area contributed by atoms with Crippen LogP contribution in [0.4, 0.5) is 18.3 Å². The van der Waals surface area contributed by atoms with Crippen LogP contribution in [0.2, 0.25) is 0 Å². The molecule has 19 heavy (non-hydrogen) atoms. The van der Waals surface area contributed by atoms with Crippen molar-refractivity contribution >= 4 is 16.5 Å². The molecular weight excluding hydrogens is 275 g/mol. The third-order valence-corrected chi connectivity index (χ3v) is 3.34. The number of alkyl halides is 3. The van der Waals surface area contributed by atoms with Gasteiger partial charge in [-0.2, -0.15) is 13.2 Å². The van der Waals surface area contributed by atoms with Gasteiger partial charge in [-0.1, -0.05) is 30.4 Å². The predicted molar refractivity (Wildman–Crippen MR) is 69.1 cm³/mol. The van der Waals surface area contributed by atoms with Gasteiger partial charge in [0.25, 0.3) is 0 Å². The summed E-state index contributed by atoms with van der Waals surface area (Å²) >= 11 is 1.32. The van der Waals surface area contributed by atoms with Crippen molar-refractivity contribution in [2.24, 2.45) is 0 Å². The molecule has 0 fully saturated rings. The minimum atomic E-state index is -4.31. The predicted octanol–water partition coefficient (Wildman–Crippen LogP) is 4.05. The van der Waals surface area contributed by atoms with Crippen LogP contribution in [-0.4, -0.2) is 16.7 Å². The Morgan fingerprint density at radius 2 is 1.84 bits per heavy atom. The van der Waals surface area contributed by atoms with E-state index in [9.17, 15) is 13.2 Å². The highest BCUT2D eigenvalue weighted by molar-refractivity contribution is 7.18. The van der Waals surface area contributed by atoms with Gasteiger partial charge in [-0.3, -0.25) is 0 Å². The lowest BCUT2D eigenvalue weighted by Gasteiger charge is -2.06. The minimum Gasteiger partial charge on any atom is -0.360 e. The highest BCUT2D eigenvalue weighted by Crippen LogP contribution is 2.32. The average Bonchev–Trinajstić information content (AvgIpc) is 2.84. The Hall–Kier alpha value is -1.63. The second-order valence-corrected chi connectivity index (χ2v) is 4.89. The van der Waals surface area contributed by atoms with Crippen molar-refractivity contribution in [1.82, 2.24) is 10.2 Å². The smallest absolute Gasteiger partial charge is 0.360 e. The summed E-state index contributed by atoms with van der Waals surface area (Å²) in [4.78, 5) is 0. The van der Waals surface area contributed by atoms with E-state index in [-0.39, 0.29) is 0 Å². The molecule has 1 aromatic carbocycles. The van der Waals surface area contributed by atoms with Crippen LogP contribution in [0.15, 0.2) is 24.3 Å². The lowest BCUT2D eigenvalue weighted by Crippen LogP contribution is -2.03. The van der Waals surface area contributed by atoms with Crippen molar-refractivity contribution in [1.29, 1.82) is 0 Å². The summed E-state index contributed by atoms with van der Waals surface area (Å²) in [6.07, 6.45) is -3.34. The van der Waals surface area contributed by atoms with Crippen molar-refractivity contribution in [2.75, 3.05) is 11.9 Å². The number of hydrogen-bond donors (Lipinski definition) is 1. The van der Waals surface area contributed by atoms with E-state index in [0.717, 1.165) is 25.1 Å². The number of aromatic nitrogens is 2. The van der Waals surface area contributed by atoms with E-state index in [4.69, 9.17) is 0 Å². The zero-order valence-corrected chi connectivity index (χ0v) is 11.0. The van der Waals surface area contributed by atoms with Gasteiger partial charge in [-0.15, -0.1) is 10.2 Å². The maximum Gasteiger partial charge on any atom is 0.416 e. The molecule has 0 amide bonds. The molecule has 0 unspecified atom stereocenters. The Balaban J connectivity index is 2.16. The van der Waals surface area contributed by atoms with Crippen molar-refractivity contribution in [3.8, 4) is 10.6 Å². The summed E-state index contributed by atoms with van der Waals surface area (Å²) in [6.45, 7) is 2.83. The molecular formula is C12H12F3N3S. The van der Waals surface area contributed by atoms with E-state index in [0.29, 0.717) is 15.7 Å². The fraction of sp³-hybridized carbons (Fsp3) is 0.333. The fourth-order valence-corrected chi connectivity index (χ4v) is 2.22. The molecule has 0 aliphatic rings. The standard InChI is InChI=1S/C12H12F3N3S/c1-2-7-16-11-18-17-10(19-11)8-3-5-9(6-4-8)12(13,14)15/h3-6H,2,7H2,1H3,(H,16,18). The van der Waals surface area contributed by atoms with Crippen molar-refractivity contribution in [3.05, 3.63) is 29.8 Å². The molecule has 2 aromatic rings. The van der Waals surface area contributed by atoms with E-state index in [2.05, 4.69) is 15.5 Å². The summed E-state index contributed by atoms with van der Waals surface area (Å²) in [6, 6.07) is 4.92. The van der Waals surface area contributed by atoms with E-state index in [1.54, 1.807) is 0 Å². The lowest BCUT2D eigenvalue weighted by atomic mass is 10.1. The van der Waals surface area contributed by atoms with Crippen molar-refractivity contribution < 1.29 is 13.2 Å². The number of benzene rings is 1. The van der Waals surface area contributed by atoms with Gasteiger partial charge < -0.3 is 5.32 Å². The van der Waals surface area contributed by atoms with Gasteiger partial charge in [-0.05, 0) is 18.6 Å². The zero-order valence-electron chi connectivity index (χ0n) is 10.2. The van der Waals surface area contributed by atoms with Gasteiger partial charge in [0, 0.05) is 12.1 Å². The second kappa shape index (κ2) is 5.56. The van der Waals surface area contributed by atoms with E-state index >= 15 is 0 Å². The first-order valence-electron chi connectivity index (χ1n) is 5.75. The molecule has 0 saturated carbocycles. The molecule has 1 aromatic heterocycles. The maximum atomic E-state index is 12.4. The minimum absolute atomic E-state index is 0.604. The van der Waals surface area contributed by atoms with E-state index < -0.39 is 11.7 Å². The third kappa shape index (κ3) is 3.44. The highest BCUT2D eigenvalue weighted by atomic mass is 32.1. The highest BCUT2D eigenvalue weighted by Gasteiger charge is 2.30. The van der Waals surface area contributed by atoms with Crippen LogP contribution >= 0.6 is 11.3 Å². The van der Waals surface area contributed by atoms with Crippen LogP contribution < -0.4 is 5.32 Å². The first-order valence-corrected chi connectivity index (χ1v) is 6.57. The van der Waals surface area contributed by atoms with Crippen LogP contribution in [0.3, 0.4) is 0 Å². The van der Waals surface area contributed by atoms with E-state index in [1.807, 2.05) is 6.92 Å². The van der Waals surface area contributed by atoms with Crippen LogP contribution in [0.5, 0.6) is 0 Å². The number of hydrogen-bond acceptors (Lipinski definition) is 4. The third-order valence-electron chi connectivity index (χ3n) is 2.41. The van der Waals surface area contributed by atoms with Gasteiger partial charge in [0.05, 0.1) is 5.56 Å². The molecule has 0 bridgehead atoms. The Bertz CT molecular complexity index is 534. The number of rotatable bonds is 4. The monoisotopic (exact) mass is 287 g/mol. The summed E-state index contributed by atoms with van der Waals surface area (Å²) in [5, 5.41) is 12.3. The number of halogens is 3. The van der Waals surface area contributed by atoms with Crippen LogP contribution in [0.1, 0.15) is 18.9 Å². The largest absolute Gasteiger partial charge is 0.416 e. The molecule has 102 valence electrons. The molecule has 2 rings (SSSR count). The number of nitrogens with one attached hydrogen (secondary N) is 1. The van der Waals surface area contributed by atoms with Gasteiger partial charge in [0.2, 0.25) is 5.13 Å². The molecule has 0 aliphatic heterocycles. The Morgan fingerprint density at radius 1 is 1.16 bits per heavy atom. The average molecular weight is 287 g/mol. The molecule has 0 atom stereocenters. The summed E-state index contributed by atoms with van der Waals surface area (Å²) in [5.41, 5.74) is -0.0276. The Kier molecular flexibility index (Phi) is 4.04. The topological polar surface area (TPSA) is 37.8 Å². The quantitative estimate of drug-likeness (QED) is 0.922. The molecule has 0 aliphatic carbocycles. The van der Waals surface area contributed by atoms with Gasteiger partial charge in [-0.25, -0.2) is 0 Å². The maximum absolute atomic E-state index is 12.4. The van der Waals surface area contributed by atoms with E-state index in [1.165, 1.54) is 23.5 Å². The molecule has 1 N–H and O–H groups in total. The molecule has 0 spiro atoms. The van der Waals surface area contributed by atoms with Gasteiger partial charge >= 0.3 is 6.18 Å². The zero-order chi connectivity index (χ0) is 13.9. The molecule has 0 radical (unpaired) electrons. The lowest BCUT2D eigenvalue weighted by molar-refractivity contribution is -0.137. The Morgan fingerprint density at radius 3 is 2.42 bits per heavy atom. The summed E-state index contributed by atoms with van der Waals surface area (Å²) < 4.78 is 37.3. The van der Waals surface area contributed by atoms with Crippen LogP contribution in [-0.2, 0) is 6.18 Å². The van der Waals surface area contributed by atoms with Crippen molar-refractivity contribution in [2.45, 2.75) is 19.5 Å². The first kappa shape index (κ1) is 13.8. The Labute approximate surface area is 112 Å². The van der Waals surface area contributed by atoms with Gasteiger partial charge in [0.15, 0.2) is 0 Å². The molecule has 1 heterocycles.